The van der Waals surface area contributed by atoms with Crippen LogP contribution in [0.25, 0.3) is 6.08 Å². The molecule has 0 saturated heterocycles. The molecule has 0 unspecified atom stereocenters. The number of nitrogens with one attached hydrogen (secondary N) is 2. The Hall–Kier alpha value is -4.95. The Balaban J connectivity index is 1.88. The van der Waals surface area contributed by atoms with E-state index in [-0.39, 0.29) is 33.4 Å². The van der Waals surface area contributed by atoms with Gasteiger partial charge in [0.25, 0.3) is 5.91 Å². The summed E-state index contributed by atoms with van der Waals surface area (Å²) in [5, 5.41) is 23.7. The minimum absolute atomic E-state index is 0.00836. The Morgan fingerprint density at radius 1 is 0.944 bits per heavy atom. The Kier molecular flexibility index (Phi) is 7.83. The summed E-state index contributed by atoms with van der Waals surface area (Å²) in [5.41, 5.74) is -0.0650. The van der Waals surface area contributed by atoms with Crippen LogP contribution in [0.3, 0.4) is 0 Å². The third-order valence-corrected chi connectivity index (χ3v) is 5.90. The number of amides is 2. The van der Waals surface area contributed by atoms with Gasteiger partial charge in [-0.15, -0.1) is 0 Å². The van der Waals surface area contributed by atoms with Crippen molar-refractivity contribution in [2.75, 3.05) is 10.6 Å². The van der Waals surface area contributed by atoms with Crippen LogP contribution in [0.2, 0.25) is 0 Å². The average molecular weight is 506 g/mol. The van der Waals surface area contributed by atoms with Crippen molar-refractivity contribution in [3.05, 3.63) is 89.5 Å². The molecular formula is C25H19N3O7S. The fraction of sp³-hybridized carbons (Fsp3) is 0.0400. The predicted octanol–water partition coefficient (Wildman–Crippen LogP) is 3.66. The number of benzene rings is 3. The van der Waals surface area contributed by atoms with Gasteiger partial charge in [-0.25, -0.2) is 4.79 Å². The minimum Gasteiger partial charge on any atom is -0.478 e. The van der Waals surface area contributed by atoms with Crippen molar-refractivity contribution in [1.82, 2.24) is 0 Å². The van der Waals surface area contributed by atoms with Crippen molar-refractivity contribution >= 4 is 45.4 Å². The van der Waals surface area contributed by atoms with Crippen LogP contribution in [-0.2, 0) is 19.7 Å². The highest BCUT2D eigenvalue weighted by Gasteiger charge is 2.20. The lowest BCUT2D eigenvalue weighted by atomic mass is 10.1. The molecular weight excluding hydrogens is 486 g/mol. The second-order valence-corrected chi connectivity index (χ2v) is 8.80. The van der Waals surface area contributed by atoms with E-state index in [1.165, 1.54) is 73.7 Å². The largest absolute Gasteiger partial charge is 0.478 e. The van der Waals surface area contributed by atoms with Gasteiger partial charge >= 0.3 is 16.1 Å². The Bertz CT molecular complexity index is 1510. The average Bonchev–Trinajstić information content (AvgIpc) is 2.83. The number of para-hydroxylation sites is 2. The summed E-state index contributed by atoms with van der Waals surface area (Å²) in [5.74, 6) is -2.61. The Morgan fingerprint density at radius 3 is 2.22 bits per heavy atom. The molecule has 0 radical (unpaired) electrons. The highest BCUT2D eigenvalue weighted by atomic mass is 32.2. The van der Waals surface area contributed by atoms with E-state index in [4.69, 9.17) is 4.18 Å². The van der Waals surface area contributed by atoms with Gasteiger partial charge in [-0.1, -0.05) is 30.3 Å². The van der Waals surface area contributed by atoms with Crippen molar-refractivity contribution in [2.24, 2.45) is 0 Å². The molecule has 10 nitrogen and oxygen atoms in total. The van der Waals surface area contributed by atoms with Gasteiger partial charge < -0.3 is 19.9 Å². The number of hydrogen-bond donors (Lipinski definition) is 3. The van der Waals surface area contributed by atoms with Crippen LogP contribution in [0.15, 0.2) is 83.3 Å². The van der Waals surface area contributed by atoms with Crippen LogP contribution in [-0.4, -0.2) is 31.3 Å². The molecule has 3 aromatic rings. The summed E-state index contributed by atoms with van der Waals surface area (Å²) in [6, 6.07) is 18.6. The van der Waals surface area contributed by atoms with Gasteiger partial charge in [-0.05, 0) is 48.5 Å². The molecule has 182 valence electrons. The van der Waals surface area contributed by atoms with E-state index in [2.05, 4.69) is 10.6 Å². The predicted molar refractivity (Wildman–Crippen MR) is 131 cm³/mol. The standard InChI is InChI=1S/C25H19N3O7S/c1-16(29)27-19-10-12-20(13-11-19)36(33,34)35-23-9-5-2-6-17(23)14-18(15-26)24(30)28-22-8-4-3-7-21(22)25(31)32/h2-14H,1H3,(H,27,29)(H,28,30)(H,31,32)/b18-14+. The number of aromatic carboxylic acids is 1. The summed E-state index contributed by atoms with van der Waals surface area (Å²) in [6.07, 6.45) is 1.13. The SMILES string of the molecule is CC(=O)Nc1ccc(S(=O)(=O)Oc2ccccc2/C=C(\C#N)C(=O)Nc2ccccc2C(=O)O)cc1. The van der Waals surface area contributed by atoms with Gasteiger partial charge in [-0.2, -0.15) is 13.7 Å². The van der Waals surface area contributed by atoms with Crippen LogP contribution < -0.4 is 14.8 Å². The summed E-state index contributed by atoms with van der Waals surface area (Å²) < 4.78 is 30.8. The molecule has 0 fully saturated rings. The number of carbonyl (C=O) groups excluding carboxylic acids is 2. The van der Waals surface area contributed by atoms with Gasteiger partial charge in [0, 0.05) is 18.2 Å². The lowest BCUT2D eigenvalue weighted by Gasteiger charge is -2.11. The van der Waals surface area contributed by atoms with Gasteiger partial charge in [0.2, 0.25) is 5.91 Å². The van der Waals surface area contributed by atoms with Gasteiger partial charge in [0.1, 0.15) is 22.3 Å². The van der Waals surface area contributed by atoms with E-state index in [9.17, 15) is 33.2 Å². The maximum atomic E-state index is 12.8. The first-order valence-electron chi connectivity index (χ1n) is 10.3. The molecule has 0 aliphatic rings. The third-order valence-electron chi connectivity index (χ3n) is 4.65. The zero-order chi connectivity index (χ0) is 26.3. The van der Waals surface area contributed by atoms with E-state index in [0.717, 1.165) is 6.08 Å². The summed E-state index contributed by atoms with van der Waals surface area (Å²) in [6.45, 7) is 1.32. The molecule has 36 heavy (non-hydrogen) atoms. The van der Waals surface area contributed by atoms with Crippen LogP contribution >= 0.6 is 0 Å². The summed E-state index contributed by atoms with van der Waals surface area (Å²) in [7, 11) is -4.30. The Morgan fingerprint density at radius 2 is 1.58 bits per heavy atom. The van der Waals surface area contributed by atoms with Crippen molar-refractivity contribution in [1.29, 1.82) is 5.26 Å². The summed E-state index contributed by atoms with van der Waals surface area (Å²) in [4.78, 5) is 35.0. The van der Waals surface area contributed by atoms with Crippen molar-refractivity contribution in [3.8, 4) is 11.8 Å². The molecule has 0 atom stereocenters. The van der Waals surface area contributed by atoms with Crippen molar-refractivity contribution < 1.29 is 32.1 Å². The fourth-order valence-electron chi connectivity index (χ4n) is 3.02. The van der Waals surface area contributed by atoms with Crippen LogP contribution in [0.4, 0.5) is 11.4 Å². The molecule has 3 N–H and O–H groups in total. The van der Waals surface area contributed by atoms with E-state index in [0.29, 0.717) is 5.69 Å². The number of carboxylic acid groups (broad SMARTS) is 1. The van der Waals surface area contributed by atoms with E-state index >= 15 is 0 Å². The highest BCUT2D eigenvalue weighted by molar-refractivity contribution is 7.87. The van der Waals surface area contributed by atoms with E-state index < -0.39 is 27.6 Å². The second-order valence-electron chi connectivity index (χ2n) is 7.26. The first-order valence-corrected chi connectivity index (χ1v) is 11.7. The zero-order valence-electron chi connectivity index (χ0n) is 18.8. The van der Waals surface area contributed by atoms with Crippen LogP contribution in [0.5, 0.6) is 5.75 Å². The monoisotopic (exact) mass is 505 g/mol. The lowest BCUT2D eigenvalue weighted by molar-refractivity contribution is -0.114. The number of carboxylic acids is 1. The molecule has 2 amide bonds. The molecule has 3 aromatic carbocycles. The van der Waals surface area contributed by atoms with Crippen molar-refractivity contribution in [2.45, 2.75) is 11.8 Å². The molecule has 0 spiro atoms. The first-order chi connectivity index (χ1) is 17.1. The number of hydrogen-bond acceptors (Lipinski definition) is 7. The maximum Gasteiger partial charge on any atom is 0.339 e. The van der Waals surface area contributed by atoms with Gasteiger partial charge in [-0.3, -0.25) is 9.59 Å². The highest BCUT2D eigenvalue weighted by Crippen LogP contribution is 2.26. The molecule has 0 heterocycles. The lowest BCUT2D eigenvalue weighted by Crippen LogP contribution is -2.16. The number of rotatable bonds is 8. The summed E-state index contributed by atoms with van der Waals surface area (Å²) >= 11 is 0. The third kappa shape index (κ3) is 6.34. The number of carbonyl (C=O) groups is 3. The van der Waals surface area contributed by atoms with Gasteiger partial charge in [0.15, 0.2) is 0 Å². The smallest absolute Gasteiger partial charge is 0.339 e. The van der Waals surface area contributed by atoms with Crippen LogP contribution in [0.1, 0.15) is 22.8 Å². The van der Waals surface area contributed by atoms with E-state index in [1.54, 1.807) is 12.1 Å². The second kappa shape index (κ2) is 11.0. The topological polar surface area (TPSA) is 163 Å². The maximum absolute atomic E-state index is 12.8. The Labute approximate surface area is 206 Å². The zero-order valence-corrected chi connectivity index (χ0v) is 19.6. The normalized spacial score (nSPS) is 11.2. The first kappa shape index (κ1) is 25.7. The quantitative estimate of drug-likeness (QED) is 0.237. The van der Waals surface area contributed by atoms with Crippen molar-refractivity contribution in [3.63, 3.8) is 0 Å². The number of nitriles is 1. The fourth-order valence-corrected chi connectivity index (χ4v) is 3.98. The molecule has 0 aliphatic carbocycles. The molecule has 0 aromatic heterocycles. The molecule has 0 saturated carbocycles. The van der Waals surface area contributed by atoms with Crippen LogP contribution in [0, 0.1) is 11.3 Å². The molecule has 0 bridgehead atoms. The van der Waals surface area contributed by atoms with Gasteiger partial charge in [0.05, 0.1) is 11.3 Å². The number of nitrogens with zero attached hydrogens (tertiary/aromatic N) is 1. The number of anilines is 2. The van der Waals surface area contributed by atoms with E-state index in [1.807, 2.05) is 0 Å². The molecule has 0 aliphatic heterocycles. The minimum atomic E-state index is -4.30. The molecule has 3 rings (SSSR count). The molecule has 11 heteroatoms.